The number of aromatic nitrogens is 2. The number of aryl methyl sites for hydroxylation is 2. The lowest BCUT2D eigenvalue weighted by molar-refractivity contribution is -0.119. The Morgan fingerprint density at radius 3 is 3.05 bits per heavy atom. The molecule has 116 valence electrons. The summed E-state index contributed by atoms with van der Waals surface area (Å²) in [6.45, 7) is 2.01. The van der Waals surface area contributed by atoms with E-state index >= 15 is 0 Å². The van der Waals surface area contributed by atoms with E-state index in [0.29, 0.717) is 5.75 Å². The second kappa shape index (κ2) is 7.24. The molecule has 2 aromatic rings. The van der Waals surface area contributed by atoms with Gasteiger partial charge in [0.25, 0.3) is 0 Å². The zero-order valence-corrected chi connectivity index (χ0v) is 14.2. The van der Waals surface area contributed by atoms with Crippen molar-refractivity contribution in [3.05, 3.63) is 40.0 Å². The zero-order valence-electron chi connectivity index (χ0n) is 12.5. The molecule has 0 fully saturated rings. The fraction of sp³-hybridized carbons (Fsp3) is 0.438. The van der Waals surface area contributed by atoms with E-state index in [1.807, 2.05) is 25.1 Å². The van der Waals surface area contributed by atoms with Crippen molar-refractivity contribution in [2.24, 2.45) is 0 Å². The van der Waals surface area contributed by atoms with Gasteiger partial charge in [-0.1, -0.05) is 17.8 Å². The molecule has 22 heavy (non-hydrogen) atoms. The molecule has 1 aliphatic rings. The van der Waals surface area contributed by atoms with Crippen molar-refractivity contribution in [3.63, 3.8) is 0 Å². The lowest BCUT2D eigenvalue weighted by atomic mass is 10.0. The lowest BCUT2D eigenvalue weighted by Crippen LogP contribution is -2.28. The third-order valence-corrected chi connectivity index (χ3v) is 5.88. The molecule has 0 bridgehead atoms. The highest BCUT2D eigenvalue weighted by molar-refractivity contribution is 7.99. The number of carbonyl (C=O) groups excluding carboxylic acids is 1. The van der Waals surface area contributed by atoms with Gasteiger partial charge in [-0.25, -0.2) is 9.97 Å². The van der Waals surface area contributed by atoms with E-state index in [4.69, 9.17) is 4.98 Å². The fourth-order valence-corrected chi connectivity index (χ4v) is 4.30. The maximum atomic E-state index is 12.1. The number of thioether (sulfide) groups is 1. The second-order valence-electron chi connectivity index (χ2n) is 5.37. The topological polar surface area (TPSA) is 54.9 Å². The van der Waals surface area contributed by atoms with Crippen LogP contribution in [0.4, 0.5) is 0 Å². The van der Waals surface area contributed by atoms with Gasteiger partial charge in [-0.2, -0.15) is 0 Å². The van der Waals surface area contributed by atoms with Crippen LogP contribution in [0.3, 0.4) is 0 Å². The summed E-state index contributed by atoms with van der Waals surface area (Å²) in [5, 5.41) is 4.94. The van der Waals surface area contributed by atoms with E-state index in [1.165, 1.54) is 35.2 Å². The van der Waals surface area contributed by atoms with Crippen molar-refractivity contribution in [2.75, 3.05) is 5.75 Å². The fourth-order valence-electron chi connectivity index (χ4n) is 2.47. The number of nitrogens with zero attached hydrogens (tertiary/aromatic N) is 2. The smallest absolute Gasteiger partial charge is 0.230 e. The van der Waals surface area contributed by atoms with E-state index in [9.17, 15) is 4.79 Å². The van der Waals surface area contributed by atoms with Gasteiger partial charge in [0.05, 0.1) is 22.5 Å². The number of hydrogen-bond donors (Lipinski definition) is 1. The van der Waals surface area contributed by atoms with E-state index < -0.39 is 0 Å². The predicted octanol–water partition coefficient (Wildman–Crippen LogP) is 3.39. The summed E-state index contributed by atoms with van der Waals surface area (Å²) in [6.07, 6.45) is 6.46. The van der Waals surface area contributed by atoms with Gasteiger partial charge < -0.3 is 5.32 Å². The summed E-state index contributed by atoms with van der Waals surface area (Å²) in [5.74, 6) is 0.406. The summed E-state index contributed by atoms with van der Waals surface area (Å²) in [6, 6.07) is 5.69. The summed E-state index contributed by atoms with van der Waals surface area (Å²) in [4.78, 5) is 22.4. The summed E-state index contributed by atoms with van der Waals surface area (Å²) in [5.41, 5.74) is 1.25. The van der Waals surface area contributed by atoms with Crippen LogP contribution in [0.2, 0.25) is 0 Å². The first-order valence-corrected chi connectivity index (χ1v) is 9.34. The SMILES string of the molecule is C[C@H](NC(=O)CSc1ccccn1)c1nc2c(s1)CCCC2. The van der Waals surface area contributed by atoms with Crippen LogP contribution in [-0.4, -0.2) is 21.6 Å². The van der Waals surface area contributed by atoms with Gasteiger partial charge in [0, 0.05) is 11.1 Å². The minimum Gasteiger partial charge on any atom is -0.346 e. The number of carbonyl (C=O) groups is 1. The highest BCUT2D eigenvalue weighted by Gasteiger charge is 2.19. The number of nitrogens with one attached hydrogen (secondary N) is 1. The molecule has 6 heteroatoms. The molecular formula is C16H19N3OS2. The molecule has 0 aliphatic heterocycles. The predicted molar refractivity (Wildman–Crippen MR) is 90.3 cm³/mol. The minimum atomic E-state index is -0.0209. The Morgan fingerprint density at radius 1 is 1.41 bits per heavy atom. The monoisotopic (exact) mass is 333 g/mol. The maximum Gasteiger partial charge on any atom is 0.230 e. The standard InChI is InChI=1S/C16H19N3OS2/c1-11(16-19-12-6-2-3-7-13(12)22-16)18-14(20)10-21-15-8-4-5-9-17-15/h4-5,8-9,11H,2-3,6-7,10H2,1H3,(H,18,20)/t11-/m0/s1. The highest BCUT2D eigenvalue weighted by atomic mass is 32.2. The van der Waals surface area contributed by atoms with Crippen LogP contribution in [-0.2, 0) is 17.6 Å². The second-order valence-corrected chi connectivity index (χ2v) is 7.49. The molecule has 3 rings (SSSR count). The van der Waals surface area contributed by atoms with Gasteiger partial charge in [-0.05, 0) is 44.7 Å². The van der Waals surface area contributed by atoms with Crippen LogP contribution in [0.25, 0.3) is 0 Å². The first-order chi connectivity index (χ1) is 10.7. The maximum absolute atomic E-state index is 12.1. The number of thiazole rings is 1. The van der Waals surface area contributed by atoms with Crippen LogP contribution < -0.4 is 5.32 Å². The minimum absolute atomic E-state index is 0.0209. The zero-order chi connectivity index (χ0) is 15.4. The third-order valence-electron chi connectivity index (χ3n) is 3.60. The lowest BCUT2D eigenvalue weighted by Gasteiger charge is -2.10. The number of rotatable bonds is 5. The van der Waals surface area contributed by atoms with Crippen molar-refractivity contribution in [2.45, 2.75) is 43.7 Å². The molecule has 0 saturated carbocycles. The van der Waals surface area contributed by atoms with Crippen molar-refractivity contribution >= 4 is 29.0 Å². The van der Waals surface area contributed by atoms with Crippen molar-refractivity contribution in [1.29, 1.82) is 0 Å². The molecule has 1 N–H and O–H groups in total. The molecule has 1 aliphatic carbocycles. The largest absolute Gasteiger partial charge is 0.346 e. The molecule has 0 aromatic carbocycles. The Morgan fingerprint density at radius 2 is 2.27 bits per heavy atom. The molecule has 0 radical (unpaired) electrons. The third kappa shape index (κ3) is 3.87. The van der Waals surface area contributed by atoms with Crippen LogP contribution in [0.1, 0.15) is 41.4 Å². The summed E-state index contributed by atoms with van der Waals surface area (Å²) >= 11 is 3.21. The van der Waals surface area contributed by atoms with Gasteiger partial charge in [-0.15, -0.1) is 11.3 Å². The van der Waals surface area contributed by atoms with Gasteiger partial charge in [-0.3, -0.25) is 4.79 Å². The van der Waals surface area contributed by atoms with E-state index in [0.717, 1.165) is 22.9 Å². The number of fused-ring (bicyclic) bond motifs is 1. The Bertz CT molecular complexity index is 619. The molecule has 0 saturated heterocycles. The number of amides is 1. The van der Waals surface area contributed by atoms with E-state index in [-0.39, 0.29) is 11.9 Å². The van der Waals surface area contributed by atoms with Crippen molar-refractivity contribution < 1.29 is 4.79 Å². The Hall–Kier alpha value is -1.40. The van der Waals surface area contributed by atoms with Gasteiger partial charge in [0.1, 0.15) is 5.01 Å². The molecule has 0 unspecified atom stereocenters. The van der Waals surface area contributed by atoms with Crippen LogP contribution in [0, 0.1) is 0 Å². The molecular weight excluding hydrogens is 314 g/mol. The molecule has 1 atom stereocenters. The van der Waals surface area contributed by atoms with Crippen molar-refractivity contribution in [1.82, 2.24) is 15.3 Å². The van der Waals surface area contributed by atoms with E-state index in [2.05, 4.69) is 10.3 Å². The van der Waals surface area contributed by atoms with Gasteiger partial charge in [0.15, 0.2) is 0 Å². The summed E-state index contributed by atoms with van der Waals surface area (Å²) < 4.78 is 0. The van der Waals surface area contributed by atoms with Crippen molar-refractivity contribution in [3.8, 4) is 0 Å². The van der Waals surface area contributed by atoms with Gasteiger partial charge in [0.2, 0.25) is 5.91 Å². The molecule has 0 spiro atoms. The quantitative estimate of drug-likeness (QED) is 0.852. The Balaban J connectivity index is 1.53. The first kappa shape index (κ1) is 15.5. The average molecular weight is 333 g/mol. The summed E-state index contributed by atoms with van der Waals surface area (Å²) in [7, 11) is 0. The molecule has 4 nitrogen and oxygen atoms in total. The average Bonchev–Trinajstić information content (AvgIpc) is 2.98. The Kier molecular flexibility index (Phi) is 5.10. The van der Waals surface area contributed by atoms with Gasteiger partial charge >= 0.3 is 0 Å². The molecule has 1 amide bonds. The molecule has 2 aromatic heterocycles. The van der Waals surface area contributed by atoms with Crippen LogP contribution in [0.5, 0.6) is 0 Å². The van der Waals surface area contributed by atoms with Crippen LogP contribution in [0.15, 0.2) is 29.4 Å². The Labute approximate surface area is 138 Å². The highest BCUT2D eigenvalue weighted by Crippen LogP contribution is 2.29. The van der Waals surface area contributed by atoms with Crippen LogP contribution >= 0.6 is 23.1 Å². The normalized spacial score (nSPS) is 15.1. The molecule has 2 heterocycles. The number of hydrogen-bond acceptors (Lipinski definition) is 5. The first-order valence-electron chi connectivity index (χ1n) is 7.54. The van der Waals surface area contributed by atoms with E-state index in [1.54, 1.807) is 17.5 Å². The number of pyridine rings is 1.